The SMILES string of the molecule is Cc1ccc2c(oc3ccccc32)c1N1C=CN(C)[C@@H]1C.Cc1ccccc1-n1c2ccccc2c[n+]1C.Cc1ccccc1-n1ccc[n+]1C.Cc1ccccc1N1C=CN(C)[C@@H]1C.Cc1ccccc1N1C=CN(c2c(C)cccc2C(C)C)[C@@H]1C.Cc1ccccc1N1C=CN(c2ccccc2)[C@@H]1C. The van der Waals surface area contributed by atoms with E-state index in [1.54, 1.807) is 0 Å². The first-order chi connectivity index (χ1) is 51.7. The third-order valence-electron chi connectivity index (χ3n) is 21.0. The molecule has 13 nitrogen and oxygen atoms in total. The molecule has 107 heavy (non-hydrogen) atoms. The van der Waals surface area contributed by atoms with E-state index >= 15 is 0 Å². The Morgan fingerprint density at radius 3 is 1.31 bits per heavy atom. The highest BCUT2D eigenvalue weighted by Crippen LogP contribution is 2.41. The van der Waals surface area contributed by atoms with Crippen LogP contribution in [0.3, 0.4) is 0 Å². The van der Waals surface area contributed by atoms with Crippen LogP contribution in [0.2, 0.25) is 0 Å². The molecule has 546 valence electrons. The van der Waals surface area contributed by atoms with Crippen molar-refractivity contribution in [2.75, 3.05) is 43.5 Å². The number of fused-ring (bicyclic) bond motifs is 4. The van der Waals surface area contributed by atoms with Crippen LogP contribution in [0, 0.1) is 48.5 Å². The zero-order valence-electron chi connectivity index (χ0n) is 65.5. The molecule has 4 aliphatic heterocycles. The standard InChI is InChI=1S/C21H26N2.C18H18N2O.C17H18N2.C15H15N2.C12H16N2.C11H13N2/c1-15(2)19-11-8-10-17(4)21(19)23-14-13-22(18(23)5)20-12-7-6-9-16(20)3;1-12-8-9-15-14-6-4-5-7-16(14)21-18(15)17(12)20-11-10-19(3)13(20)2;1-14-8-6-7-11-17(14)19-13-12-18(15(19)2)16-9-4-3-5-10-16;1-12-7-3-5-9-14(12)17-15-10-6-4-8-13(15)11-16(17)2;1-10-6-4-5-7-12(10)14-9-8-13(3)11(14)2;1-10-6-3-4-7-11(10)13-9-5-8-12(13)2/h6-15,18H,1-5H3;4-11,13H,1-3H3;3-13,15H,1-2H3;3-11H,1-2H3;4-9,11H,1-3H3;3-9H,1-2H3/q;;;+1;;+1/t18-;13-;15-;;11-;/m100.0./s1. The fourth-order valence-electron chi connectivity index (χ4n) is 14.6. The summed E-state index contributed by atoms with van der Waals surface area (Å²) in [5.74, 6) is 0.512. The van der Waals surface area contributed by atoms with Crippen molar-refractivity contribution in [3.63, 3.8) is 0 Å². The molecule has 4 aliphatic rings. The first-order valence-electron chi connectivity index (χ1n) is 37.4. The summed E-state index contributed by atoms with van der Waals surface area (Å²) < 4.78 is 14.7. The van der Waals surface area contributed by atoms with Gasteiger partial charge >= 0.3 is 0 Å². The van der Waals surface area contributed by atoms with Crippen molar-refractivity contribution in [3.05, 3.63) is 349 Å². The molecule has 4 atom stereocenters. The van der Waals surface area contributed by atoms with E-state index in [1.165, 1.54) is 106 Å². The lowest BCUT2D eigenvalue weighted by molar-refractivity contribution is -0.744. The van der Waals surface area contributed by atoms with E-state index in [-0.39, 0.29) is 6.17 Å². The van der Waals surface area contributed by atoms with Crippen LogP contribution in [0.15, 0.2) is 309 Å². The molecule has 10 aromatic carbocycles. The highest BCUT2D eigenvalue weighted by molar-refractivity contribution is 6.09. The Balaban J connectivity index is 0.000000121. The van der Waals surface area contributed by atoms with Crippen LogP contribution in [0.25, 0.3) is 44.2 Å². The first kappa shape index (κ1) is 74.7. The van der Waals surface area contributed by atoms with Gasteiger partial charge in [-0.05, 0) is 187 Å². The normalized spacial score (nSPS) is 16.2. The molecule has 13 aromatic rings. The molecule has 3 aromatic heterocycles. The summed E-state index contributed by atoms with van der Waals surface area (Å²) in [5.41, 5.74) is 23.7. The van der Waals surface area contributed by atoms with E-state index in [0.29, 0.717) is 24.4 Å². The molecule has 0 radical (unpaired) electrons. The van der Waals surface area contributed by atoms with Gasteiger partial charge in [0.2, 0.25) is 6.20 Å². The van der Waals surface area contributed by atoms with Gasteiger partial charge in [0.15, 0.2) is 25.9 Å². The molecule has 0 fully saturated rings. The van der Waals surface area contributed by atoms with E-state index in [0.717, 1.165) is 16.9 Å². The van der Waals surface area contributed by atoms with Gasteiger partial charge in [-0.1, -0.05) is 184 Å². The maximum Gasteiger partial charge on any atom is 0.203 e. The molecular weight excluding hydrogens is 1310 g/mol. The Morgan fingerprint density at radius 1 is 0.346 bits per heavy atom. The molecular formula is C94H106N12O+2. The van der Waals surface area contributed by atoms with Gasteiger partial charge in [-0.15, -0.1) is 18.7 Å². The summed E-state index contributed by atoms with van der Waals surface area (Å²) in [6.45, 7) is 28.5. The second-order valence-electron chi connectivity index (χ2n) is 28.6. The predicted octanol–water partition coefficient (Wildman–Crippen LogP) is 21.1. The maximum atomic E-state index is 6.17. The Labute approximate surface area is 635 Å². The number of hydrogen-bond acceptors (Lipinski definition) is 9. The van der Waals surface area contributed by atoms with Crippen molar-refractivity contribution in [2.24, 2.45) is 14.1 Å². The topological polar surface area (TPSA) is 56.7 Å². The molecule has 17 rings (SSSR count). The predicted molar refractivity (Wildman–Crippen MR) is 449 cm³/mol. The number of furan rings is 1. The highest BCUT2D eigenvalue weighted by atomic mass is 16.3. The van der Waals surface area contributed by atoms with E-state index in [9.17, 15) is 0 Å². The van der Waals surface area contributed by atoms with Crippen LogP contribution in [-0.2, 0) is 14.1 Å². The third-order valence-corrected chi connectivity index (χ3v) is 21.0. The Hall–Kier alpha value is -12.0. The molecule has 0 saturated heterocycles. The van der Waals surface area contributed by atoms with E-state index in [1.807, 2.05) is 37.5 Å². The molecule has 0 bridgehead atoms. The second-order valence-corrected chi connectivity index (χ2v) is 28.6. The van der Waals surface area contributed by atoms with Crippen molar-refractivity contribution < 1.29 is 13.8 Å². The van der Waals surface area contributed by atoms with Crippen LogP contribution >= 0.6 is 0 Å². The van der Waals surface area contributed by atoms with Gasteiger partial charge in [-0.3, -0.25) is 0 Å². The summed E-state index contributed by atoms with van der Waals surface area (Å²) in [5, 5.41) is 3.62. The summed E-state index contributed by atoms with van der Waals surface area (Å²) in [6, 6.07) is 82.5. The number of benzene rings is 10. The van der Waals surface area contributed by atoms with Gasteiger partial charge in [0.05, 0.1) is 17.3 Å². The van der Waals surface area contributed by atoms with Gasteiger partial charge in [-0.25, -0.2) is 0 Å². The number of nitrogens with zero attached hydrogens (tertiary/aromatic N) is 12. The van der Waals surface area contributed by atoms with Crippen molar-refractivity contribution >= 4 is 67.0 Å². The maximum absolute atomic E-state index is 6.17. The minimum Gasteiger partial charge on any atom is -0.454 e. The van der Waals surface area contributed by atoms with Crippen LogP contribution in [0.1, 0.15) is 92.0 Å². The average Bonchev–Trinajstić information content (AvgIpc) is 1.44. The average molecular weight is 1420 g/mol. The van der Waals surface area contributed by atoms with E-state index in [2.05, 4.69) is 443 Å². The molecule has 0 aliphatic carbocycles. The molecule has 13 heteroatoms. The lowest BCUT2D eigenvalue weighted by Crippen LogP contribution is -2.37. The van der Waals surface area contributed by atoms with Gasteiger partial charge in [-0.2, -0.15) is 0 Å². The summed E-state index contributed by atoms with van der Waals surface area (Å²) >= 11 is 0. The lowest BCUT2D eigenvalue weighted by atomic mass is 9.97. The second kappa shape index (κ2) is 33.4. The quantitative estimate of drug-likeness (QED) is 0.132. The van der Waals surface area contributed by atoms with Crippen LogP contribution in [0.5, 0.6) is 0 Å². The largest absolute Gasteiger partial charge is 0.454 e. The van der Waals surface area contributed by atoms with Crippen LogP contribution in [0.4, 0.5) is 34.1 Å². The third kappa shape index (κ3) is 16.2. The van der Waals surface area contributed by atoms with E-state index < -0.39 is 0 Å². The van der Waals surface area contributed by atoms with Gasteiger partial charge < -0.3 is 43.6 Å². The molecule has 0 amide bonds. The summed E-state index contributed by atoms with van der Waals surface area (Å²) in [6.07, 6.45) is 24.7. The summed E-state index contributed by atoms with van der Waals surface area (Å²) in [4.78, 5) is 18.3. The van der Waals surface area contributed by atoms with E-state index in [4.69, 9.17) is 4.42 Å². The van der Waals surface area contributed by atoms with Crippen molar-refractivity contribution in [1.82, 2.24) is 19.2 Å². The Kier molecular flexibility index (Phi) is 23.4. The minimum absolute atomic E-state index is 0.273. The number of para-hydroxylation sites is 9. The van der Waals surface area contributed by atoms with Gasteiger partial charge in [0, 0.05) is 109 Å². The highest BCUT2D eigenvalue weighted by Gasteiger charge is 2.30. The Bertz CT molecular complexity index is 5310. The molecule has 0 N–H and O–H groups in total. The molecule has 0 saturated carbocycles. The molecule has 7 heterocycles. The monoisotopic (exact) mass is 1420 g/mol. The molecule has 0 spiro atoms. The number of aromatic nitrogens is 4. The number of rotatable bonds is 9. The summed E-state index contributed by atoms with van der Waals surface area (Å²) in [7, 11) is 8.30. The van der Waals surface area contributed by atoms with Crippen molar-refractivity contribution in [3.8, 4) is 11.4 Å². The van der Waals surface area contributed by atoms with Gasteiger partial charge in [0.25, 0.3) is 0 Å². The Morgan fingerprint density at radius 2 is 0.776 bits per heavy atom. The van der Waals surface area contributed by atoms with Crippen LogP contribution in [-0.4, -0.2) is 57.9 Å². The number of hydrogen-bond donors (Lipinski definition) is 0. The fourth-order valence-corrected chi connectivity index (χ4v) is 14.6. The zero-order chi connectivity index (χ0) is 75.6. The van der Waals surface area contributed by atoms with Crippen molar-refractivity contribution in [1.29, 1.82) is 0 Å². The smallest absolute Gasteiger partial charge is 0.203 e. The lowest BCUT2D eigenvalue weighted by Gasteiger charge is -2.33. The number of aryl methyl sites for hydroxylation is 9. The zero-order valence-corrected chi connectivity index (χ0v) is 65.5. The van der Waals surface area contributed by atoms with Crippen molar-refractivity contribution in [2.45, 2.75) is 121 Å². The molecule has 0 unspecified atom stereocenters. The van der Waals surface area contributed by atoms with Crippen LogP contribution < -0.4 is 38.8 Å². The van der Waals surface area contributed by atoms with Gasteiger partial charge in [0.1, 0.15) is 47.1 Å². The fraction of sp³-hybridized carbons (Fsp3) is 0.234. The minimum atomic E-state index is 0.273. The number of anilines is 6. The first-order valence-corrected chi connectivity index (χ1v) is 37.4.